The number of pyridine rings is 2. The van der Waals surface area contributed by atoms with Gasteiger partial charge in [-0.05, 0) is 48.0 Å². The van der Waals surface area contributed by atoms with E-state index in [-0.39, 0.29) is 5.82 Å². The quantitative estimate of drug-likeness (QED) is 0.413. The van der Waals surface area contributed by atoms with Gasteiger partial charge < -0.3 is 14.0 Å². The minimum Gasteiger partial charge on any atom is -0.493 e. The van der Waals surface area contributed by atoms with Crippen molar-refractivity contribution in [2.75, 3.05) is 14.2 Å². The topological polar surface area (TPSA) is 62.1 Å². The lowest BCUT2D eigenvalue weighted by Gasteiger charge is -2.17. The maximum atomic E-state index is 13.4. The van der Waals surface area contributed by atoms with Gasteiger partial charge >= 0.3 is 0 Å². The number of fused-ring (bicyclic) bond motifs is 3. The highest BCUT2D eigenvalue weighted by Gasteiger charge is 2.22. The van der Waals surface area contributed by atoms with Gasteiger partial charge in [-0.1, -0.05) is 0 Å². The van der Waals surface area contributed by atoms with E-state index in [0.717, 1.165) is 33.3 Å². The first-order valence-electron chi connectivity index (χ1n) is 9.74. The van der Waals surface area contributed by atoms with Crippen molar-refractivity contribution in [3.63, 3.8) is 0 Å². The highest BCUT2D eigenvalue weighted by molar-refractivity contribution is 5.99. The fraction of sp³-hybridized carbons (Fsp3) is 0.125. The molecule has 6 nitrogen and oxygen atoms in total. The van der Waals surface area contributed by atoms with Crippen molar-refractivity contribution in [3.05, 3.63) is 78.5 Å². The van der Waals surface area contributed by atoms with Crippen LogP contribution in [0.5, 0.6) is 11.5 Å². The molecule has 0 unspecified atom stereocenters. The Morgan fingerprint density at radius 2 is 1.55 bits per heavy atom. The van der Waals surface area contributed by atoms with Gasteiger partial charge in [0.1, 0.15) is 17.2 Å². The van der Waals surface area contributed by atoms with Gasteiger partial charge in [-0.3, -0.25) is 4.98 Å². The Hall–Kier alpha value is -4.00. The molecule has 0 radical (unpaired) electrons. The zero-order chi connectivity index (χ0) is 21.4. The SMILES string of the molecule is COc1cc2c3nnc(-c4ccc(F)cc4)c-3cn(Cc3ccncc3)c2cc1OC. The molecule has 0 spiro atoms. The third-order valence-electron chi connectivity index (χ3n) is 5.33. The van der Waals surface area contributed by atoms with Crippen molar-refractivity contribution in [2.45, 2.75) is 6.54 Å². The number of hydrogen-bond donors (Lipinski definition) is 0. The summed E-state index contributed by atoms with van der Waals surface area (Å²) in [6, 6.07) is 14.1. The lowest BCUT2D eigenvalue weighted by Crippen LogP contribution is -2.05. The van der Waals surface area contributed by atoms with Crippen LogP contribution < -0.4 is 9.47 Å². The summed E-state index contributed by atoms with van der Waals surface area (Å²) in [6.45, 7) is 0.623. The Morgan fingerprint density at radius 3 is 2.26 bits per heavy atom. The molecule has 0 saturated carbocycles. The summed E-state index contributed by atoms with van der Waals surface area (Å²) >= 11 is 0. The van der Waals surface area contributed by atoms with Crippen molar-refractivity contribution < 1.29 is 13.9 Å². The summed E-state index contributed by atoms with van der Waals surface area (Å²) in [7, 11) is 3.22. The van der Waals surface area contributed by atoms with Crippen LogP contribution in [0.25, 0.3) is 33.4 Å². The minimum atomic E-state index is -0.289. The molecule has 2 aliphatic rings. The largest absolute Gasteiger partial charge is 0.493 e. The molecule has 31 heavy (non-hydrogen) atoms. The number of rotatable bonds is 5. The van der Waals surface area contributed by atoms with E-state index in [1.165, 1.54) is 12.1 Å². The number of nitrogens with zero attached hydrogens (tertiary/aromatic N) is 4. The second-order valence-corrected chi connectivity index (χ2v) is 7.15. The fourth-order valence-corrected chi connectivity index (χ4v) is 3.80. The predicted molar refractivity (Wildman–Crippen MR) is 116 cm³/mol. The lowest BCUT2D eigenvalue weighted by atomic mass is 10.0. The third kappa shape index (κ3) is 3.34. The van der Waals surface area contributed by atoms with Crippen LogP contribution in [0.4, 0.5) is 4.39 Å². The van der Waals surface area contributed by atoms with Crippen molar-refractivity contribution >= 4 is 10.9 Å². The normalized spacial score (nSPS) is 11.2. The average molecular weight is 414 g/mol. The number of hydrogen-bond acceptors (Lipinski definition) is 5. The summed E-state index contributed by atoms with van der Waals surface area (Å²) in [5.74, 6) is 0.961. The molecule has 0 bridgehead atoms. The van der Waals surface area contributed by atoms with E-state index in [9.17, 15) is 4.39 Å². The first kappa shape index (κ1) is 19.0. The highest BCUT2D eigenvalue weighted by atomic mass is 19.1. The van der Waals surface area contributed by atoms with Crippen molar-refractivity contribution in [2.24, 2.45) is 0 Å². The molecule has 2 aromatic carbocycles. The Kier molecular flexibility index (Phi) is 4.71. The molecule has 154 valence electrons. The van der Waals surface area contributed by atoms with Crippen LogP contribution >= 0.6 is 0 Å². The molecule has 3 heterocycles. The third-order valence-corrected chi connectivity index (χ3v) is 5.33. The predicted octanol–water partition coefficient (Wildman–Crippen LogP) is 4.80. The minimum absolute atomic E-state index is 0.289. The molecule has 0 N–H and O–H groups in total. The summed E-state index contributed by atoms with van der Waals surface area (Å²) in [4.78, 5) is 4.11. The van der Waals surface area contributed by atoms with Crippen LogP contribution in [-0.2, 0) is 6.54 Å². The first-order valence-corrected chi connectivity index (χ1v) is 9.74. The van der Waals surface area contributed by atoms with Crippen molar-refractivity contribution in [1.82, 2.24) is 19.7 Å². The number of methoxy groups -OCH3 is 2. The zero-order valence-corrected chi connectivity index (χ0v) is 17.0. The Morgan fingerprint density at radius 1 is 0.871 bits per heavy atom. The van der Waals surface area contributed by atoms with Gasteiger partial charge in [0.2, 0.25) is 0 Å². The second kappa shape index (κ2) is 7.68. The molecular weight excluding hydrogens is 395 g/mol. The van der Waals surface area contributed by atoms with E-state index >= 15 is 0 Å². The molecule has 0 aliphatic carbocycles. The smallest absolute Gasteiger partial charge is 0.162 e. The molecular formula is C24H19FN4O2. The van der Waals surface area contributed by atoms with E-state index in [1.807, 2.05) is 30.5 Å². The summed E-state index contributed by atoms with van der Waals surface area (Å²) in [6.07, 6.45) is 5.58. The molecule has 1 aromatic heterocycles. The van der Waals surface area contributed by atoms with Crippen LogP contribution in [0.15, 0.2) is 67.1 Å². The van der Waals surface area contributed by atoms with Gasteiger partial charge in [-0.25, -0.2) is 4.39 Å². The summed E-state index contributed by atoms with van der Waals surface area (Å²) in [5.41, 5.74) is 5.18. The van der Waals surface area contributed by atoms with Crippen LogP contribution in [0.3, 0.4) is 0 Å². The number of ether oxygens (including phenoxy) is 2. The zero-order valence-electron chi connectivity index (χ0n) is 17.0. The summed E-state index contributed by atoms with van der Waals surface area (Å²) in [5, 5.41) is 9.78. The molecule has 0 fully saturated rings. The van der Waals surface area contributed by atoms with Crippen molar-refractivity contribution in [1.29, 1.82) is 0 Å². The van der Waals surface area contributed by atoms with Gasteiger partial charge in [-0.2, -0.15) is 0 Å². The monoisotopic (exact) mass is 414 g/mol. The maximum absolute atomic E-state index is 13.4. The molecule has 0 atom stereocenters. The van der Waals surface area contributed by atoms with Gasteiger partial charge in [0, 0.05) is 47.7 Å². The van der Waals surface area contributed by atoms with Gasteiger partial charge in [-0.15, -0.1) is 10.2 Å². The van der Waals surface area contributed by atoms with Crippen molar-refractivity contribution in [3.8, 4) is 34.0 Å². The maximum Gasteiger partial charge on any atom is 0.162 e. The number of halogens is 1. The lowest BCUT2D eigenvalue weighted by molar-refractivity contribution is 0.355. The fourth-order valence-electron chi connectivity index (χ4n) is 3.80. The van der Waals surface area contributed by atoms with E-state index in [0.29, 0.717) is 23.7 Å². The van der Waals surface area contributed by atoms with E-state index in [2.05, 4.69) is 19.7 Å². The molecule has 0 amide bonds. The number of aromatic nitrogens is 4. The Bertz CT molecular complexity index is 1330. The van der Waals surface area contributed by atoms with Crippen LogP contribution in [-0.4, -0.2) is 34.0 Å². The van der Waals surface area contributed by atoms with E-state index < -0.39 is 0 Å². The van der Waals surface area contributed by atoms with Crippen LogP contribution in [0.2, 0.25) is 0 Å². The van der Waals surface area contributed by atoms with Crippen LogP contribution in [0.1, 0.15) is 5.56 Å². The first-order chi connectivity index (χ1) is 15.2. The van der Waals surface area contributed by atoms with Gasteiger partial charge in [0.05, 0.1) is 19.7 Å². The van der Waals surface area contributed by atoms with Crippen LogP contribution in [0, 0.1) is 5.82 Å². The van der Waals surface area contributed by atoms with Gasteiger partial charge in [0.25, 0.3) is 0 Å². The molecule has 0 saturated heterocycles. The molecule has 3 aromatic rings. The van der Waals surface area contributed by atoms with E-state index in [1.54, 1.807) is 38.7 Å². The summed E-state index contributed by atoms with van der Waals surface area (Å²) < 4.78 is 26.6. The second-order valence-electron chi connectivity index (χ2n) is 7.15. The average Bonchev–Trinajstić information content (AvgIpc) is 3.23. The van der Waals surface area contributed by atoms with Gasteiger partial charge in [0.15, 0.2) is 11.5 Å². The molecule has 2 aliphatic heterocycles. The standard InChI is InChI=1S/C24H19FN4O2/c1-30-21-11-18-20(12-22(21)31-2)29(13-15-7-9-26-10-8-15)14-19-23(27-28-24(18)19)16-3-5-17(25)6-4-16/h3-12,14H,13H2,1-2H3. The van der Waals surface area contributed by atoms with E-state index in [4.69, 9.17) is 9.47 Å². The highest BCUT2D eigenvalue weighted by Crippen LogP contribution is 2.41. The molecule has 7 heteroatoms. The number of benzene rings is 2. The Balaban J connectivity index is 1.78. The molecule has 5 rings (SSSR count). The Labute approximate surface area is 178 Å².